The molecule has 0 aliphatic heterocycles. The zero-order valence-corrected chi connectivity index (χ0v) is 13.8. The normalized spacial score (nSPS) is 10.4. The molecule has 2 aromatic rings. The summed E-state index contributed by atoms with van der Waals surface area (Å²) in [5, 5.41) is 2.72. The highest BCUT2D eigenvalue weighted by atomic mass is 127. The van der Waals surface area contributed by atoms with Crippen LogP contribution in [0.1, 0.15) is 11.4 Å². The topological polar surface area (TPSA) is 90.0 Å². The van der Waals surface area contributed by atoms with E-state index < -0.39 is 0 Å². The summed E-state index contributed by atoms with van der Waals surface area (Å²) in [5.41, 5.74) is 7.74. The molecule has 0 unspecified atom stereocenters. The number of nitrogens with two attached hydrogens (primary N) is 1. The Balaban J connectivity index is 2.17. The lowest BCUT2D eigenvalue weighted by Gasteiger charge is -2.11. The molecule has 0 radical (unpaired) electrons. The maximum atomic E-state index is 12.1. The van der Waals surface area contributed by atoms with Crippen LogP contribution in [-0.4, -0.2) is 15.5 Å². The fourth-order valence-electron chi connectivity index (χ4n) is 1.80. The van der Waals surface area contributed by atoms with Crippen LogP contribution in [0.3, 0.4) is 0 Å². The van der Waals surface area contributed by atoms with Crippen LogP contribution in [0.25, 0.3) is 0 Å². The molecule has 6 nitrogen and oxygen atoms in total. The van der Waals surface area contributed by atoms with Crippen LogP contribution in [0.2, 0.25) is 0 Å². The van der Waals surface area contributed by atoms with Gasteiger partial charge in [0.25, 0.3) is 5.56 Å². The highest BCUT2D eigenvalue weighted by Crippen LogP contribution is 2.16. The lowest BCUT2D eigenvalue weighted by molar-refractivity contribution is -0.116. The molecule has 1 aromatic heterocycles. The van der Waals surface area contributed by atoms with Crippen LogP contribution in [0.5, 0.6) is 0 Å². The third-order valence-electron chi connectivity index (χ3n) is 3.07. The first kappa shape index (κ1) is 15.5. The van der Waals surface area contributed by atoms with E-state index in [2.05, 4.69) is 10.3 Å². The van der Waals surface area contributed by atoms with Crippen LogP contribution < -0.4 is 16.6 Å². The number of halogens is 1. The van der Waals surface area contributed by atoms with Crippen molar-refractivity contribution in [1.82, 2.24) is 9.55 Å². The number of aryl methyl sites for hydroxylation is 2. The van der Waals surface area contributed by atoms with E-state index in [0.29, 0.717) is 20.8 Å². The Kier molecular flexibility index (Phi) is 4.61. The summed E-state index contributed by atoms with van der Waals surface area (Å²) >= 11 is 1.90. The molecule has 1 aromatic carbocycles. The molecule has 7 heteroatoms. The van der Waals surface area contributed by atoms with Gasteiger partial charge < -0.3 is 11.1 Å². The second-order valence-corrected chi connectivity index (χ2v) is 5.83. The molecule has 110 valence electrons. The predicted octanol–water partition coefficient (Wildman–Crippen LogP) is 1.69. The number of nitrogens with zero attached hydrogens (tertiary/aromatic N) is 2. The largest absolute Gasteiger partial charge is 0.398 e. The van der Waals surface area contributed by atoms with Gasteiger partial charge in [0.15, 0.2) is 0 Å². The van der Waals surface area contributed by atoms with Gasteiger partial charge in [-0.25, -0.2) is 4.98 Å². The van der Waals surface area contributed by atoms with E-state index in [1.807, 2.05) is 35.6 Å². The molecule has 0 fully saturated rings. The molecule has 2 rings (SSSR count). The number of amides is 1. The van der Waals surface area contributed by atoms with Crippen LogP contribution in [0, 0.1) is 17.4 Å². The van der Waals surface area contributed by atoms with Crippen molar-refractivity contribution in [3.63, 3.8) is 0 Å². The molecule has 1 heterocycles. The molecule has 21 heavy (non-hydrogen) atoms. The molecular formula is C14H15IN4O2. The van der Waals surface area contributed by atoms with Crippen molar-refractivity contribution in [2.45, 2.75) is 20.4 Å². The standard InChI is InChI=1S/C14H15IN4O2/c1-8-3-4-10(5-12(8)16)18-13(20)7-19-9(2)17-6-11(15)14(19)21/h3-6H,7,16H2,1-2H3,(H,18,20). The van der Waals surface area contributed by atoms with E-state index in [-0.39, 0.29) is 18.0 Å². The monoisotopic (exact) mass is 398 g/mol. The molecule has 0 saturated heterocycles. The van der Waals surface area contributed by atoms with E-state index >= 15 is 0 Å². The molecule has 3 N–H and O–H groups in total. The summed E-state index contributed by atoms with van der Waals surface area (Å²) in [7, 11) is 0. The summed E-state index contributed by atoms with van der Waals surface area (Å²) in [4.78, 5) is 28.1. The van der Waals surface area contributed by atoms with Gasteiger partial charge in [0.05, 0.1) is 3.57 Å². The number of aromatic nitrogens is 2. The van der Waals surface area contributed by atoms with Gasteiger partial charge in [0, 0.05) is 17.6 Å². The maximum Gasteiger partial charge on any atom is 0.267 e. The summed E-state index contributed by atoms with van der Waals surface area (Å²) in [6, 6.07) is 5.29. The smallest absolute Gasteiger partial charge is 0.267 e. The van der Waals surface area contributed by atoms with Gasteiger partial charge in [-0.1, -0.05) is 6.07 Å². The van der Waals surface area contributed by atoms with E-state index in [1.165, 1.54) is 10.8 Å². The Bertz CT molecular complexity index is 755. The molecule has 0 bridgehead atoms. The Hall–Kier alpha value is -1.90. The highest BCUT2D eigenvalue weighted by molar-refractivity contribution is 14.1. The number of nitrogen functional groups attached to an aromatic ring is 1. The zero-order valence-electron chi connectivity index (χ0n) is 11.7. The van der Waals surface area contributed by atoms with Crippen molar-refractivity contribution >= 4 is 39.9 Å². The number of carbonyl (C=O) groups excluding carboxylic acids is 1. The summed E-state index contributed by atoms with van der Waals surface area (Å²) in [6.07, 6.45) is 1.49. The van der Waals surface area contributed by atoms with E-state index in [1.54, 1.807) is 19.1 Å². The van der Waals surface area contributed by atoms with Crippen molar-refractivity contribution in [2.75, 3.05) is 11.1 Å². The molecule has 0 aliphatic rings. The second kappa shape index (κ2) is 6.25. The van der Waals surface area contributed by atoms with E-state index in [9.17, 15) is 9.59 Å². The van der Waals surface area contributed by atoms with E-state index in [4.69, 9.17) is 5.73 Å². The van der Waals surface area contributed by atoms with Gasteiger partial charge in [0.2, 0.25) is 5.91 Å². The number of hydrogen-bond donors (Lipinski definition) is 2. The lowest BCUT2D eigenvalue weighted by atomic mass is 10.2. The predicted molar refractivity (Wildman–Crippen MR) is 90.2 cm³/mol. The van der Waals surface area contributed by atoms with E-state index in [0.717, 1.165) is 5.56 Å². The van der Waals surface area contributed by atoms with Crippen LogP contribution >= 0.6 is 22.6 Å². The fourth-order valence-corrected chi connectivity index (χ4v) is 2.23. The third kappa shape index (κ3) is 3.60. The Morgan fingerprint density at radius 1 is 1.43 bits per heavy atom. The summed E-state index contributed by atoms with van der Waals surface area (Å²) in [6.45, 7) is 3.50. The molecular weight excluding hydrogens is 383 g/mol. The Morgan fingerprint density at radius 3 is 2.81 bits per heavy atom. The number of rotatable bonds is 3. The van der Waals surface area contributed by atoms with Crippen molar-refractivity contribution in [1.29, 1.82) is 0 Å². The number of nitrogens with one attached hydrogen (secondary N) is 1. The average molecular weight is 398 g/mol. The fraction of sp³-hybridized carbons (Fsp3) is 0.214. The van der Waals surface area contributed by atoms with Gasteiger partial charge >= 0.3 is 0 Å². The van der Waals surface area contributed by atoms with Crippen molar-refractivity contribution in [3.8, 4) is 0 Å². The van der Waals surface area contributed by atoms with Crippen molar-refractivity contribution in [3.05, 3.63) is 49.7 Å². The maximum absolute atomic E-state index is 12.1. The van der Waals surface area contributed by atoms with Crippen LogP contribution in [-0.2, 0) is 11.3 Å². The summed E-state index contributed by atoms with van der Waals surface area (Å²) in [5.74, 6) is 0.200. The average Bonchev–Trinajstić information content (AvgIpc) is 2.43. The molecule has 1 amide bonds. The Morgan fingerprint density at radius 2 is 2.14 bits per heavy atom. The van der Waals surface area contributed by atoms with Crippen molar-refractivity contribution in [2.24, 2.45) is 0 Å². The van der Waals surface area contributed by atoms with Crippen LogP contribution in [0.4, 0.5) is 11.4 Å². The first-order valence-electron chi connectivity index (χ1n) is 6.26. The lowest BCUT2D eigenvalue weighted by Crippen LogP contribution is -2.31. The summed E-state index contributed by atoms with van der Waals surface area (Å²) < 4.78 is 1.82. The first-order chi connectivity index (χ1) is 9.88. The second-order valence-electron chi connectivity index (χ2n) is 4.66. The zero-order chi connectivity index (χ0) is 15.6. The quantitative estimate of drug-likeness (QED) is 0.608. The van der Waals surface area contributed by atoms with Crippen molar-refractivity contribution < 1.29 is 4.79 Å². The van der Waals surface area contributed by atoms with Gasteiger partial charge in [-0.05, 0) is 54.1 Å². The minimum absolute atomic E-state index is 0.0811. The highest BCUT2D eigenvalue weighted by Gasteiger charge is 2.10. The van der Waals surface area contributed by atoms with Crippen LogP contribution in [0.15, 0.2) is 29.2 Å². The van der Waals surface area contributed by atoms with Gasteiger partial charge in [0.1, 0.15) is 12.4 Å². The molecule has 0 spiro atoms. The third-order valence-corrected chi connectivity index (χ3v) is 3.81. The van der Waals surface area contributed by atoms with Gasteiger partial charge in [-0.3, -0.25) is 14.2 Å². The molecule has 0 saturated carbocycles. The molecule has 0 atom stereocenters. The van der Waals surface area contributed by atoms with Gasteiger partial charge in [-0.15, -0.1) is 0 Å². The first-order valence-corrected chi connectivity index (χ1v) is 7.34. The minimum atomic E-state index is -0.299. The number of anilines is 2. The number of hydrogen-bond acceptors (Lipinski definition) is 4. The number of carbonyl (C=O) groups is 1. The van der Waals surface area contributed by atoms with Gasteiger partial charge in [-0.2, -0.15) is 0 Å². The Labute approximate surface area is 135 Å². The SMILES string of the molecule is Cc1ccc(NC(=O)Cn2c(C)ncc(I)c2=O)cc1N. The minimum Gasteiger partial charge on any atom is -0.398 e. The number of benzene rings is 1. The molecule has 0 aliphatic carbocycles.